The van der Waals surface area contributed by atoms with Crippen molar-refractivity contribution in [3.05, 3.63) is 53.2 Å². The average molecular weight is 367 g/mol. The Morgan fingerprint density at radius 2 is 1.89 bits per heavy atom. The molecule has 1 aliphatic rings. The largest absolute Gasteiger partial charge is 0.497 e. The molecule has 0 amide bonds. The zero-order valence-corrected chi connectivity index (χ0v) is 16.3. The predicted molar refractivity (Wildman–Crippen MR) is 106 cm³/mol. The molecule has 0 aliphatic carbocycles. The molecular formula is C22H27N2O3+. The molecule has 0 saturated carbocycles. The van der Waals surface area contributed by atoms with Crippen molar-refractivity contribution in [1.29, 1.82) is 0 Å². The summed E-state index contributed by atoms with van der Waals surface area (Å²) in [6.07, 6.45) is 1.16. The third kappa shape index (κ3) is 3.23. The van der Waals surface area contributed by atoms with E-state index in [4.69, 9.17) is 14.2 Å². The Morgan fingerprint density at radius 3 is 2.63 bits per heavy atom. The van der Waals surface area contributed by atoms with Crippen LogP contribution in [0.25, 0.3) is 10.9 Å². The van der Waals surface area contributed by atoms with Crippen LogP contribution in [0.2, 0.25) is 0 Å². The molecule has 3 aromatic rings. The minimum atomic E-state index is 0.112. The van der Waals surface area contributed by atoms with Crippen LogP contribution >= 0.6 is 0 Å². The number of aromatic amines is 1. The number of nitrogens with two attached hydrogens (primary N) is 1. The second-order valence-electron chi connectivity index (χ2n) is 7.26. The molecule has 1 aromatic heterocycles. The van der Waals surface area contributed by atoms with Gasteiger partial charge >= 0.3 is 0 Å². The van der Waals surface area contributed by atoms with E-state index in [2.05, 4.69) is 34.6 Å². The summed E-state index contributed by atoms with van der Waals surface area (Å²) in [5.41, 5.74) is 5.03. The van der Waals surface area contributed by atoms with Gasteiger partial charge in [0.25, 0.3) is 0 Å². The fourth-order valence-electron chi connectivity index (χ4n) is 3.95. The molecule has 1 atom stereocenters. The Hall–Kier alpha value is -2.66. The molecular weight excluding hydrogens is 340 g/mol. The van der Waals surface area contributed by atoms with Crippen LogP contribution in [0, 0.1) is 0 Å². The van der Waals surface area contributed by atoms with Crippen LogP contribution in [-0.4, -0.2) is 31.9 Å². The highest BCUT2D eigenvalue weighted by molar-refractivity contribution is 5.86. The lowest BCUT2D eigenvalue weighted by atomic mass is 9.94. The SMILES string of the molecule is COc1ccc2[nH]c3c(c2c1)CC[NH2+]C3c1ccc(OC(C)C)c(OC)c1. The number of ether oxygens (including phenoxy) is 3. The molecule has 4 rings (SSSR count). The standard InChI is InChI=1S/C22H26N2O3/c1-13(2)27-19-8-5-14(11-20(19)26-4)21-22-16(9-10-23-21)17-12-15(25-3)6-7-18(17)24-22/h5-8,11-13,21,23-24H,9-10H2,1-4H3/p+1. The smallest absolute Gasteiger partial charge is 0.161 e. The molecule has 0 spiro atoms. The Kier molecular flexibility index (Phi) is 4.70. The number of nitrogens with one attached hydrogen (secondary N) is 1. The quantitative estimate of drug-likeness (QED) is 0.728. The van der Waals surface area contributed by atoms with E-state index < -0.39 is 0 Å². The summed E-state index contributed by atoms with van der Waals surface area (Å²) >= 11 is 0. The molecule has 3 N–H and O–H groups in total. The van der Waals surface area contributed by atoms with Gasteiger partial charge in [0.05, 0.1) is 32.6 Å². The van der Waals surface area contributed by atoms with Gasteiger partial charge in [0.2, 0.25) is 0 Å². The third-order valence-electron chi connectivity index (χ3n) is 5.16. The minimum Gasteiger partial charge on any atom is -0.497 e. The average Bonchev–Trinajstić information content (AvgIpc) is 3.05. The van der Waals surface area contributed by atoms with Gasteiger partial charge in [-0.2, -0.15) is 0 Å². The van der Waals surface area contributed by atoms with E-state index in [0.717, 1.165) is 35.7 Å². The molecule has 1 unspecified atom stereocenters. The monoisotopic (exact) mass is 367 g/mol. The van der Waals surface area contributed by atoms with Crippen LogP contribution in [0.3, 0.4) is 0 Å². The first kappa shape index (κ1) is 17.7. The van der Waals surface area contributed by atoms with Gasteiger partial charge in [0, 0.05) is 22.9 Å². The van der Waals surface area contributed by atoms with Crippen LogP contribution in [0.1, 0.15) is 36.7 Å². The number of aromatic nitrogens is 1. The molecule has 2 heterocycles. The normalized spacial score (nSPS) is 16.4. The van der Waals surface area contributed by atoms with Gasteiger partial charge in [-0.1, -0.05) is 0 Å². The Morgan fingerprint density at radius 1 is 1.04 bits per heavy atom. The fraction of sp³-hybridized carbons (Fsp3) is 0.364. The second kappa shape index (κ2) is 7.16. The first-order chi connectivity index (χ1) is 13.1. The van der Waals surface area contributed by atoms with E-state index in [1.54, 1.807) is 14.2 Å². The van der Waals surface area contributed by atoms with Crippen molar-refractivity contribution in [1.82, 2.24) is 4.98 Å². The lowest BCUT2D eigenvalue weighted by molar-refractivity contribution is -0.690. The van der Waals surface area contributed by atoms with E-state index in [1.807, 2.05) is 26.0 Å². The van der Waals surface area contributed by atoms with Crippen molar-refractivity contribution < 1.29 is 19.5 Å². The van der Waals surface area contributed by atoms with Gasteiger partial charge in [0.15, 0.2) is 17.5 Å². The van der Waals surface area contributed by atoms with Crippen LogP contribution in [0.4, 0.5) is 0 Å². The van der Waals surface area contributed by atoms with E-state index in [-0.39, 0.29) is 12.1 Å². The number of methoxy groups -OCH3 is 2. The van der Waals surface area contributed by atoms with Crippen molar-refractivity contribution >= 4 is 10.9 Å². The summed E-state index contributed by atoms with van der Waals surface area (Å²) in [4.78, 5) is 3.64. The molecule has 1 aliphatic heterocycles. The fourth-order valence-corrected chi connectivity index (χ4v) is 3.95. The van der Waals surface area contributed by atoms with Crippen molar-refractivity contribution in [3.63, 3.8) is 0 Å². The maximum absolute atomic E-state index is 5.86. The summed E-state index contributed by atoms with van der Waals surface area (Å²) in [7, 11) is 3.40. The number of quaternary nitrogens is 1. The zero-order valence-electron chi connectivity index (χ0n) is 16.3. The molecule has 5 heteroatoms. The molecule has 5 nitrogen and oxygen atoms in total. The lowest BCUT2D eigenvalue weighted by Crippen LogP contribution is -2.87. The van der Waals surface area contributed by atoms with Gasteiger partial charge in [-0.15, -0.1) is 0 Å². The van der Waals surface area contributed by atoms with Gasteiger partial charge < -0.3 is 24.5 Å². The zero-order chi connectivity index (χ0) is 19.0. The maximum atomic E-state index is 5.86. The predicted octanol–water partition coefficient (Wildman–Crippen LogP) is 3.18. The molecule has 0 fully saturated rings. The maximum Gasteiger partial charge on any atom is 0.161 e. The number of hydrogen-bond donors (Lipinski definition) is 2. The first-order valence-electron chi connectivity index (χ1n) is 9.47. The number of rotatable bonds is 5. The summed E-state index contributed by atoms with van der Waals surface area (Å²) in [5, 5.41) is 3.64. The first-order valence-corrected chi connectivity index (χ1v) is 9.47. The van der Waals surface area contributed by atoms with Crippen LogP contribution in [0.5, 0.6) is 17.2 Å². The summed E-state index contributed by atoms with van der Waals surface area (Å²) in [6, 6.07) is 12.7. The Balaban J connectivity index is 1.76. The molecule has 0 saturated heterocycles. The minimum absolute atomic E-state index is 0.112. The number of hydrogen-bond acceptors (Lipinski definition) is 3. The van der Waals surface area contributed by atoms with Crippen LogP contribution in [-0.2, 0) is 6.42 Å². The highest BCUT2D eigenvalue weighted by Gasteiger charge is 2.29. The van der Waals surface area contributed by atoms with Gasteiger partial charge in [-0.05, 0) is 55.8 Å². The number of fused-ring (bicyclic) bond motifs is 3. The summed E-state index contributed by atoms with van der Waals surface area (Å²) < 4.78 is 16.9. The third-order valence-corrected chi connectivity index (χ3v) is 5.16. The molecule has 142 valence electrons. The van der Waals surface area contributed by atoms with Crippen LogP contribution in [0.15, 0.2) is 36.4 Å². The highest BCUT2D eigenvalue weighted by atomic mass is 16.5. The summed E-state index contributed by atoms with van der Waals surface area (Å²) in [5.74, 6) is 2.46. The lowest BCUT2D eigenvalue weighted by Gasteiger charge is -2.23. The highest BCUT2D eigenvalue weighted by Crippen LogP contribution is 2.36. The van der Waals surface area contributed by atoms with Crippen molar-refractivity contribution in [2.24, 2.45) is 0 Å². The van der Waals surface area contributed by atoms with Crippen molar-refractivity contribution in [2.45, 2.75) is 32.4 Å². The molecule has 2 aromatic carbocycles. The summed E-state index contributed by atoms with van der Waals surface area (Å²) in [6.45, 7) is 5.09. The van der Waals surface area contributed by atoms with E-state index in [1.165, 1.54) is 22.2 Å². The second-order valence-corrected chi connectivity index (χ2v) is 7.26. The van der Waals surface area contributed by atoms with E-state index >= 15 is 0 Å². The van der Waals surface area contributed by atoms with E-state index in [9.17, 15) is 0 Å². The molecule has 27 heavy (non-hydrogen) atoms. The Bertz CT molecular complexity index is 962. The van der Waals surface area contributed by atoms with E-state index in [0.29, 0.717) is 0 Å². The molecule has 0 radical (unpaired) electrons. The Labute approximate surface area is 159 Å². The van der Waals surface area contributed by atoms with Gasteiger partial charge in [-0.25, -0.2) is 0 Å². The molecule has 0 bridgehead atoms. The van der Waals surface area contributed by atoms with Crippen molar-refractivity contribution in [3.8, 4) is 17.2 Å². The number of H-pyrrole nitrogens is 1. The van der Waals surface area contributed by atoms with Gasteiger partial charge in [0.1, 0.15) is 5.75 Å². The van der Waals surface area contributed by atoms with Gasteiger partial charge in [-0.3, -0.25) is 0 Å². The number of benzene rings is 2. The van der Waals surface area contributed by atoms with Crippen LogP contribution < -0.4 is 19.5 Å². The topological polar surface area (TPSA) is 60.1 Å². The van der Waals surface area contributed by atoms with Crippen molar-refractivity contribution in [2.75, 3.05) is 20.8 Å².